The predicted molar refractivity (Wildman–Crippen MR) is 59.3 cm³/mol. The van der Waals surface area contributed by atoms with Crippen LogP contribution in [0.5, 0.6) is 5.75 Å². The third-order valence-electron chi connectivity index (χ3n) is 1.91. The maximum atomic E-state index is 11.3. The first-order chi connectivity index (χ1) is 8.34. The second-order valence-electron chi connectivity index (χ2n) is 3.17. The molecule has 5 nitrogen and oxygen atoms in total. The van der Waals surface area contributed by atoms with E-state index in [0.717, 1.165) is 0 Å². The van der Waals surface area contributed by atoms with E-state index in [-0.39, 0.29) is 6.61 Å². The van der Waals surface area contributed by atoms with E-state index in [2.05, 4.69) is 10.2 Å². The van der Waals surface area contributed by atoms with Crippen molar-refractivity contribution < 1.29 is 14.3 Å². The summed E-state index contributed by atoms with van der Waals surface area (Å²) in [6.45, 7) is 0.0412. The maximum absolute atomic E-state index is 11.3. The molecular weight excluding hydrogens is 220 g/mol. The number of nitrogens with zero attached hydrogens (tertiary/aromatic N) is 2. The lowest BCUT2D eigenvalue weighted by Crippen LogP contribution is -2.11. The van der Waals surface area contributed by atoms with Gasteiger partial charge in [-0.2, -0.15) is 10.2 Å². The summed E-state index contributed by atoms with van der Waals surface area (Å²) in [6, 6.07) is 12.1. The molecule has 0 bridgehead atoms. The normalized spacial score (nSPS) is 9.65. The van der Waals surface area contributed by atoms with Crippen LogP contribution in [0.25, 0.3) is 0 Å². The van der Waals surface area contributed by atoms with Crippen LogP contribution in [0.4, 0.5) is 4.79 Å². The van der Waals surface area contributed by atoms with Crippen LogP contribution in [0.1, 0.15) is 5.69 Å². The molecule has 1 heterocycles. The van der Waals surface area contributed by atoms with Crippen molar-refractivity contribution in [1.29, 1.82) is 0 Å². The van der Waals surface area contributed by atoms with Crippen molar-refractivity contribution in [2.45, 2.75) is 6.61 Å². The van der Waals surface area contributed by atoms with Gasteiger partial charge in [0.1, 0.15) is 18.1 Å². The molecule has 86 valence electrons. The topological polar surface area (TPSA) is 61.3 Å². The SMILES string of the molecule is O=C(OCc1cccnn1)Oc1ccccc1. The number of aromatic nitrogens is 2. The van der Waals surface area contributed by atoms with Gasteiger partial charge in [-0.1, -0.05) is 18.2 Å². The minimum Gasteiger partial charge on any atom is -0.427 e. The van der Waals surface area contributed by atoms with Crippen molar-refractivity contribution in [3.63, 3.8) is 0 Å². The summed E-state index contributed by atoms with van der Waals surface area (Å²) in [5.41, 5.74) is 0.567. The van der Waals surface area contributed by atoms with Crippen LogP contribution < -0.4 is 4.74 Å². The highest BCUT2D eigenvalue weighted by molar-refractivity contribution is 5.63. The lowest BCUT2D eigenvalue weighted by molar-refractivity contribution is 0.0914. The van der Waals surface area contributed by atoms with Crippen molar-refractivity contribution in [2.24, 2.45) is 0 Å². The molecule has 2 rings (SSSR count). The van der Waals surface area contributed by atoms with Crippen LogP contribution in [0.15, 0.2) is 48.7 Å². The first-order valence-electron chi connectivity index (χ1n) is 5.01. The molecule has 0 aliphatic rings. The number of carbonyl (C=O) groups excluding carboxylic acids is 1. The number of hydrogen-bond donors (Lipinski definition) is 0. The van der Waals surface area contributed by atoms with Crippen molar-refractivity contribution in [3.05, 3.63) is 54.4 Å². The Kier molecular flexibility index (Phi) is 3.64. The fourth-order valence-corrected chi connectivity index (χ4v) is 1.16. The second kappa shape index (κ2) is 5.60. The average molecular weight is 230 g/mol. The van der Waals surface area contributed by atoms with Gasteiger partial charge in [0.2, 0.25) is 0 Å². The van der Waals surface area contributed by atoms with Crippen LogP contribution in [0, 0.1) is 0 Å². The first kappa shape index (κ1) is 11.1. The summed E-state index contributed by atoms with van der Waals surface area (Å²) in [4.78, 5) is 11.3. The predicted octanol–water partition coefficient (Wildman–Crippen LogP) is 2.19. The molecule has 0 spiro atoms. The van der Waals surface area contributed by atoms with Gasteiger partial charge in [-0.3, -0.25) is 0 Å². The van der Waals surface area contributed by atoms with Crippen molar-refractivity contribution >= 4 is 6.16 Å². The number of benzene rings is 1. The molecule has 0 radical (unpaired) electrons. The van der Waals surface area contributed by atoms with Gasteiger partial charge >= 0.3 is 6.16 Å². The monoisotopic (exact) mass is 230 g/mol. The fraction of sp³-hybridized carbons (Fsp3) is 0.0833. The Bertz CT molecular complexity index is 474. The molecular formula is C12H10N2O3. The average Bonchev–Trinajstić information content (AvgIpc) is 2.39. The summed E-state index contributed by atoms with van der Waals surface area (Å²) < 4.78 is 9.80. The summed E-state index contributed by atoms with van der Waals surface area (Å²) >= 11 is 0. The van der Waals surface area contributed by atoms with Crippen LogP contribution in [-0.2, 0) is 11.3 Å². The standard InChI is InChI=1S/C12H10N2O3/c15-12(17-11-6-2-1-3-7-11)16-9-10-5-4-8-13-14-10/h1-8H,9H2. The summed E-state index contributed by atoms with van der Waals surface area (Å²) in [5, 5.41) is 7.44. The highest BCUT2D eigenvalue weighted by Crippen LogP contribution is 2.09. The zero-order valence-corrected chi connectivity index (χ0v) is 8.95. The molecule has 5 heteroatoms. The Morgan fingerprint density at radius 3 is 2.65 bits per heavy atom. The highest BCUT2D eigenvalue weighted by Gasteiger charge is 2.06. The number of rotatable bonds is 3. The smallest absolute Gasteiger partial charge is 0.427 e. The molecule has 2 aromatic rings. The molecule has 0 aliphatic carbocycles. The van der Waals surface area contributed by atoms with Gasteiger partial charge in [0.25, 0.3) is 0 Å². The number of hydrogen-bond acceptors (Lipinski definition) is 5. The number of ether oxygens (including phenoxy) is 2. The Hall–Kier alpha value is -2.43. The zero-order chi connectivity index (χ0) is 11.9. The molecule has 0 N–H and O–H groups in total. The Morgan fingerprint density at radius 1 is 1.12 bits per heavy atom. The van der Waals surface area contributed by atoms with Crippen molar-refractivity contribution in [2.75, 3.05) is 0 Å². The van der Waals surface area contributed by atoms with E-state index in [4.69, 9.17) is 9.47 Å². The van der Waals surface area contributed by atoms with Gasteiger partial charge in [-0.05, 0) is 24.3 Å². The Morgan fingerprint density at radius 2 is 1.94 bits per heavy atom. The molecule has 17 heavy (non-hydrogen) atoms. The zero-order valence-electron chi connectivity index (χ0n) is 8.95. The Labute approximate surface area is 98.0 Å². The summed E-state index contributed by atoms with van der Waals surface area (Å²) in [6.07, 6.45) is 0.785. The van der Waals surface area contributed by atoms with Gasteiger partial charge in [0.15, 0.2) is 0 Å². The van der Waals surface area contributed by atoms with Gasteiger partial charge in [-0.25, -0.2) is 4.79 Å². The lowest BCUT2D eigenvalue weighted by atomic mass is 10.3. The molecule has 0 amide bonds. The van der Waals surface area contributed by atoms with E-state index in [1.54, 1.807) is 42.6 Å². The number of para-hydroxylation sites is 1. The number of carbonyl (C=O) groups is 1. The third-order valence-corrected chi connectivity index (χ3v) is 1.91. The molecule has 0 saturated carbocycles. The van der Waals surface area contributed by atoms with Crippen LogP contribution in [-0.4, -0.2) is 16.4 Å². The van der Waals surface area contributed by atoms with Crippen LogP contribution in [0.3, 0.4) is 0 Å². The molecule has 0 fully saturated rings. The highest BCUT2D eigenvalue weighted by atomic mass is 16.7. The van der Waals surface area contributed by atoms with E-state index in [1.807, 2.05) is 6.07 Å². The van der Waals surface area contributed by atoms with E-state index in [1.165, 1.54) is 0 Å². The van der Waals surface area contributed by atoms with Crippen LogP contribution >= 0.6 is 0 Å². The minimum absolute atomic E-state index is 0.0412. The van der Waals surface area contributed by atoms with Gasteiger partial charge < -0.3 is 9.47 Å². The van der Waals surface area contributed by atoms with Crippen molar-refractivity contribution in [1.82, 2.24) is 10.2 Å². The fourth-order valence-electron chi connectivity index (χ4n) is 1.16. The Balaban J connectivity index is 1.83. The molecule has 0 saturated heterocycles. The van der Waals surface area contributed by atoms with E-state index in [9.17, 15) is 4.79 Å². The lowest BCUT2D eigenvalue weighted by Gasteiger charge is -2.04. The van der Waals surface area contributed by atoms with Gasteiger partial charge in [0, 0.05) is 6.20 Å². The second-order valence-corrected chi connectivity index (χ2v) is 3.17. The molecule has 1 aromatic heterocycles. The molecule has 1 aromatic carbocycles. The van der Waals surface area contributed by atoms with Crippen molar-refractivity contribution in [3.8, 4) is 5.75 Å². The largest absolute Gasteiger partial charge is 0.514 e. The van der Waals surface area contributed by atoms with Gasteiger partial charge in [-0.15, -0.1) is 0 Å². The van der Waals surface area contributed by atoms with E-state index < -0.39 is 6.16 Å². The quantitative estimate of drug-likeness (QED) is 0.597. The van der Waals surface area contributed by atoms with E-state index >= 15 is 0 Å². The molecule has 0 aliphatic heterocycles. The summed E-state index contributed by atoms with van der Waals surface area (Å²) in [7, 11) is 0. The molecule has 0 atom stereocenters. The first-order valence-corrected chi connectivity index (χ1v) is 5.01. The van der Waals surface area contributed by atoms with Gasteiger partial charge in [0.05, 0.1) is 0 Å². The summed E-state index contributed by atoms with van der Waals surface area (Å²) in [5.74, 6) is 0.441. The van der Waals surface area contributed by atoms with Crippen LogP contribution in [0.2, 0.25) is 0 Å². The molecule has 0 unspecified atom stereocenters. The third kappa shape index (κ3) is 3.57. The maximum Gasteiger partial charge on any atom is 0.514 e. The minimum atomic E-state index is -0.762. The van der Waals surface area contributed by atoms with E-state index in [0.29, 0.717) is 11.4 Å².